The smallest absolute Gasteiger partial charge is 0.311 e. The standard InChI is InChI=1S/C20H15ClN2O5/c1-27-19-9-7-13(11-17(19)23(25)26)20(24)22-16-12-14(21)8-10-18(16)28-15-5-3-2-4-6-15/h2-12H,1H3,(H,22,24). The number of carbonyl (C=O) groups excluding carboxylic acids is 1. The van der Waals surface area contributed by atoms with Gasteiger partial charge in [-0.15, -0.1) is 0 Å². The molecular weight excluding hydrogens is 384 g/mol. The number of amides is 1. The zero-order chi connectivity index (χ0) is 20.1. The van der Waals surface area contributed by atoms with Gasteiger partial charge in [0.05, 0.1) is 17.7 Å². The van der Waals surface area contributed by atoms with E-state index in [1.165, 1.54) is 25.3 Å². The fourth-order valence-corrected chi connectivity index (χ4v) is 2.64. The van der Waals surface area contributed by atoms with Crippen molar-refractivity contribution in [2.75, 3.05) is 12.4 Å². The van der Waals surface area contributed by atoms with Crippen molar-refractivity contribution >= 4 is 28.9 Å². The zero-order valence-electron chi connectivity index (χ0n) is 14.7. The van der Waals surface area contributed by atoms with Crippen LogP contribution in [0.2, 0.25) is 5.02 Å². The lowest BCUT2D eigenvalue weighted by molar-refractivity contribution is -0.385. The van der Waals surface area contributed by atoms with Gasteiger partial charge in [-0.2, -0.15) is 0 Å². The number of benzene rings is 3. The van der Waals surface area contributed by atoms with Gasteiger partial charge in [0, 0.05) is 16.7 Å². The molecule has 28 heavy (non-hydrogen) atoms. The Labute approximate surface area is 165 Å². The fourth-order valence-electron chi connectivity index (χ4n) is 2.47. The number of nitrogens with zero attached hydrogens (tertiary/aromatic N) is 1. The van der Waals surface area contributed by atoms with Crippen LogP contribution in [0.4, 0.5) is 11.4 Å². The Morgan fingerprint density at radius 1 is 1.04 bits per heavy atom. The normalized spacial score (nSPS) is 10.2. The Balaban J connectivity index is 1.89. The molecule has 0 heterocycles. The summed E-state index contributed by atoms with van der Waals surface area (Å²) in [5, 5.41) is 14.3. The first kappa shape index (κ1) is 19.2. The maximum Gasteiger partial charge on any atom is 0.311 e. The van der Waals surface area contributed by atoms with Crippen LogP contribution in [0.15, 0.2) is 66.7 Å². The fraction of sp³-hybridized carbons (Fsp3) is 0.0500. The van der Waals surface area contributed by atoms with Gasteiger partial charge in [-0.05, 0) is 42.5 Å². The molecule has 0 aromatic heterocycles. The van der Waals surface area contributed by atoms with Gasteiger partial charge in [-0.1, -0.05) is 29.8 Å². The zero-order valence-corrected chi connectivity index (χ0v) is 15.5. The van der Waals surface area contributed by atoms with Gasteiger partial charge in [0.25, 0.3) is 5.91 Å². The quantitative estimate of drug-likeness (QED) is 0.449. The van der Waals surface area contributed by atoms with Gasteiger partial charge in [-0.25, -0.2) is 0 Å². The lowest BCUT2D eigenvalue weighted by Crippen LogP contribution is -2.13. The molecule has 3 rings (SSSR count). The second-order valence-electron chi connectivity index (χ2n) is 5.65. The molecule has 0 unspecified atom stereocenters. The van der Waals surface area contributed by atoms with Gasteiger partial charge in [-0.3, -0.25) is 14.9 Å². The van der Waals surface area contributed by atoms with Crippen LogP contribution >= 0.6 is 11.6 Å². The molecule has 1 N–H and O–H groups in total. The Bertz CT molecular complexity index is 1020. The Morgan fingerprint density at radius 2 is 1.75 bits per heavy atom. The first-order valence-corrected chi connectivity index (χ1v) is 8.52. The monoisotopic (exact) mass is 398 g/mol. The van der Waals surface area contributed by atoms with E-state index in [0.29, 0.717) is 22.2 Å². The van der Waals surface area contributed by atoms with E-state index >= 15 is 0 Å². The molecule has 0 saturated heterocycles. The van der Waals surface area contributed by atoms with Crippen molar-refractivity contribution in [1.82, 2.24) is 0 Å². The molecule has 8 heteroatoms. The highest BCUT2D eigenvalue weighted by Gasteiger charge is 2.19. The number of ether oxygens (including phenoxy) is 2. The number of hydrogen-bond acceptors (Lipinski definition) is 5. The maximum absolute atomic E-state index is 12.6. The summed E-state index contributed by atoms with van der Waals surface area (Å²) in [6.45, 7) is 0. The summed E-state index contributed by atoms with van der Waals surface area (Å²) in [4.78, 5) is 23.2. The molecule has 0 atom stereocenters. The summed E-state index contributed by atoms with van der Waals surface area (Å²) in [5.74, 6) is 0.482. The van der Waals surface area contributed by atoms with Crippen LogP contribution in [-0.4, -0.2) is 17.9 Å². The minimum absolute atomic E-state index is 0.0670. The molecule has 0 aliphatic rings. The van der Waals surface area contributed by atoms with Crippen LogP contribution in [0.1, 0.15) is 10.4 Å². The van der Waals surface area contributed by atoms with E-state index in [1.54, 1.807) is 24.3 Å². The summed E-state index contributed by atoms with van der Waals surface area (Å²) in [5.41, 5.74) is 0.125. The summed E-state index contributed by atoms with van der Waals surface area (Å²) >= 11 is 6.04. The topological polar surface area (TPSA) is 90.7 Å². The predicted molar refractivity (Wildman–Crippen MR) is 106 cm³/mol. The van der Waals surface area contributed by atoms with Crippen LogP contribution in [0.5, 0.6) is 17.2 Å². The number of anilines is 1. The van der Waals surface area contributed by atoms with Crippen LogP contribution in [0.25, 0.3) is 0 Å². The van der Waals surface area contributed by atoms with Gasteiger partial charge >= 0.3 is 5.69 Å². The Kier molecular flexibility index (Phi) is 5.76. The van der Waals surface area contributed by atoms with Gasteiger partial charge in [0.1, 0.15) is 5.75 Å². The number of nitro groups is 1. The lowest BCUT2D eigenvalue weighted by atomic mass is 10.1. The Hall–Kier alpha value is -3.58. The number of halogens is 1. The van der Waals surface area contributed by atoms with Crippen molar-refractivity contribution < 1.29 is 19.2 Å². The third-order valence-electron chi connectivity index (χ3n) is 3.80. The van der Waals surface area contributed by atoms with Crippen molar-refractivity contribution in [3.63, 3.8) is 0 Å². The molecule has 142 valence electrons. The molecule has 0 bridgehead atoms. The van der Waals surface area contributed by atoms with E-state index in [4.69, 9.17) is 21.1 Å². The van der Waals surface area contributed by atoms with E-state index in [-0.39, 0.29) is 17.0 Å². The average Bonchev–Trinajstić information content (AvgIpc) is 2.70. The molecule has 0 spiro atoms. The second-order valence-corrected chi connectivity index (χ2v) is 6.09. The highest BCUT2D eigenvalue weighted by molar-refractivity contribution is 6.31. The molecule has 0 aliphatic carbocycles. The number of rotatable bonds is 6. The highest BCUT2D eigenvalue weighted by Crippen LogP contribution is 2.33. The van der Waals surface area contributed by atoms with Crippen molar-refractivity contribution in [3.05, 3.63) is 87.4 Å². The average molecular weight is 399 g/mol. The number of hydrogen-bond donors (Lipinski definition) is 1. The predicted octanol–water partition coefficient (Wildman–Crippen LogP) is 5.30. The summed E-state index contributed by atoms with van der Waals surface area (Å²) < 4.78 is 10.7. The van der Waals surface area contributed by atoms with E-state index in [9.17, 15) is 14.9 Å². The number of carbonyl (C=O) groups is 1. The second kappa shape index (κ2) is 8.41. The summed E-state index contributed by atoms with van der Waals surface area (Å²) in [6.07, 6.45) is 0. The maximum atomic E-state index is 12.6. The molecular formula is C20H15ClN2O5. The molecule has 7 nitrogen and oxygen atoms in total. The highest BCUT2D eigenvalue weighted by atomic mass is 35.5. The molecule has 0 radical (unpaired) electrons. The molecule has 0 aliphatic heterocycles. The third-order valence-corrected chi connectivity index (χ3v) is 4.03. The van der Waals surface area contributed by atoms with Gasteiger partial charge < -0.3 is 14.8 Å². The molecule has 3 aromatic rings. The minimum atomic E-state index is -0.612. The molecule has 0 fully saturated rings. The van der Waals surface area contributed by atoms with E-state index in [2.05, 4.69) is 5.32 Å². The van der Waals surface area contributed by atoms with Crippen LogP contribution in [0, 0.1) is 10.1 Å². The van der Waals surface area contributed by atoms with E-state index < -0.39 is 10.8 Å². The Morgan fingerprint density at radius 3 is 2.43 bits per heavy atom. The van der Waals surface area contributed by atoms with Crippen molar-refractivity contribution in [3.8, 4) is 17.2 Å². The van der Waals surface area contributed by atoms with E-state index in [1.807, 2.05) is 18.2 Å². The number of para-hydroxylation sites is 1. The van der Waals surface area contributed by atoms with Gasteiger partial charge in [0.2, 0.25) is 0 Å². The van der Waals surface area contributed by atoms with Crippen LogP contribution in [-0.2, 0) is 0 Å². The van der Waals surface area contributed by atoms with Crippen molar-refractivity contribution in [2.45, 2.75) is 0 Å². The largest absolute Gasteiger partial charge is 0.490 e. The summed E-state index contributed by atoms with van der Waals surface area (Å²) in [6, 6.07) is 17.8. The first-order chi connectivity index (χ1) is 13.5. The lowest BCUT2D eigenvalue weighted by Gasteiger charge is -2.13. The van der Waals surface area contributed by atoms with E-state index in [0.717, 1.165) is 6.07 Å². The van der Waals surface area contributed by atoms with Crippen molar-refractivity contribution in [1.29, 1.82) is 0 Å². The van der Waals surface area contributed by atoms with Crippen molar-refractivity contribution in [2.24, 2.45) is 0 Å². The summed E-state index contributed by atoms with van der Waals surface area (Å²) in [7, 11) is 1.32. The number of methoxy groups -OCH3 is 1. The molecule has 1 amide bonds. The molecule has 3 aromatic carbocycles. The number of nitrogens with one attached hydrogen (secondary N) is 1. The van der Waals surface area contributed by atoms with Crippen LogP contribution < -0.4 is 14.8 Å². The SMILES string of the molecule is COc1ccc(C(=O)Nc2cc(Cl)ccc2Oc2ccccc2)cc1[N+](=O)[O-]. The number of nitro benzene ring substituents is 1. The third kappa shape index (κ3) is 4.39. The van der Waals surface area contributed by atoms with Gasteiger partial charge in [0.15, 0.2) is 11.5 Å². The minimum Gasteiger partial charge on any atom is -0.490 e. The molecule has 0 saturated carbocycles. The first-order valence-electron chi connectivity index (χ1n) is 8.14. The van der Waals surface area contributed by atoms with Crippen LogP contribution in [0.3, 0.4) is 0 Å².